The molecule has 0 saturated heterocycles. The summed E-state index contributed by atoms with van der Waals surface area (Å²) >= 11 is 0. The summed E-state index contributed by atoms with van der Waals surface area (Å²) in [4.78, 5) is 15.8. The van der Waals surface area contributed by atoms with Crippen LogP contribution in [-0.4, -0.2) is 22.6 Å². The highest BCUT2D eigenvalue weighted by Crippen LogP contribution is 2.21. The number of aryl methyl sites for hydroxylation is 1. The van der Waals surface area contributed by atoms with Crippen LogP contribution in [-0.2, 0) is 11.2 Å². The number of nitrogens with one attached hydrogen (secondary N) is 1. The average Bonchev–Trinajstić information content (AvgIpc) is 2.49. The molecule has 2 N–H and O–H groups in total. The Morgan fingerprint density at radius 1 is 1.29 bits per heavy atom. The molecule has 110 valence electrons. The molecule has 1 amide bonds. The van der Waals surface area contributed by atoms with E-state index in [0.29, 0.717) is 19.4 Å². The Morgan fingerprint density at radius 2 is 2.10 bits per heavy atom. The summed E-state index contributed by atoms with van der Waals surface area (Å²) < 4.78 is 5.52. The number of benzene rings is 1. The molecule has 0 fully saturated rings. The van der Waals surface area contributed by atoms with Crippen LogP contribution in [0.5, 0.6) is 11.5 Å². The van der Waals surface area contributed by atoms with Crippen molar-refractivity contribution in [1.82, 2.24) is 4.98 Å². The third kappa shape index (κ3) is 4.21. The van der Waals surface area contributed by atoms with Crippen LogP contribution >= 0.6 is 0 Å². The van der Waals surface area contributed by atoms with Crippen LogP contribution in [0.2, 0.25) is 0 Å². The minimum absolute atomic E-state index is 0.0411. The first-order chi connectivity index (χ1) is 10.2. The molecule has 2 rings (SSSR count). The van der Waals surface area contributed by atoms with E-state index in [0.717, 1.165) is 11.3 Å². The van der Waals surface area contributed by atoms with E-state index in [1.54, 1.807) is 6.07 Å². The Kier molecular flexibility index (Phi) is 5.15. The van der Waals surface area contributed by atoms with Crippen molar-refractivity contribution in [2.45, 2.75) is 19.8 Å². The second kappa shape index (κ2) is 7.28. The molecule has 1 aromatic heterocycles. The van der Waals surface area contributed by atoms with Crippen LogP contribution in [0.3, 0.4) is 0 Å². The van der Waals surface area contributed by atoms with Crippen molar-refractivity contribution in [3.8, 4) is 11.5 Å². The first-order valence-electron chi connectivity index (χ1n) is 6.85. The van der Waals surface area contributed by atoms with Crippen molar-refractivity contribution in [1.29, 1.82) is 0 Å². The van der Waals surface area contributed by atoms with E-state index >= 15 is 0 Å². The molecule has 2 aromatic rings. The number of aromatic hydroxyl groups is 1. The number of carbonyl (C=O) groups excluding carboxylic acids is 1. The molecular formula is C16H18N2O3. The predicted molar refractivity (Wildman–Crippen MR) is 80.5 cm³/mol. The van der Waals surface area contributed by atoms with Crippen molar-refractivity contribution in [3.05, 3.63) is 48.2 Å². The first-order valence-corrected chi connectivity index (χ1v) is 6.85. The Bertz CT molecular complexity index is 614. The van der Waals surface area contributed by atoms with E-state index in [1.165, 1.54) is 12.3 Å². The lowest BCUT2D eigenvalue weighted by Gasteiger charge is -2.10. The Morgan fingerprint density at radius 3 is 2.86 bits per heavy atom. The van der Waals surface area contributed by atoms with Crippen LogP contribution < -0.4 is 10.1 Å². The number of rotatable bonds is 6. The lowest BCUT2D eigenvalue weighted by atomic mass is 10.1. The maximum atomic E-state index is 11.9. The molecule has 5 heteroatoms. The largest absolute Gasteiger partial charge is 0.504 e. The number of hydrogen-bond acceptors (Lipinski definition) is 4. The highest BCUT2D eigenvalue weighted by atomic mass is 16.5. The van der Waals surface area contributed by atoms with Crippen LogP contribution in [0.15, 0.2) is 42.6 Å². The Hall–Kier alpha value is -2.56. The van der Waals surface area contributed by atoms with Gasteiger partial charge in [0.05, 0.1) is 6.61 Å². The lowest BCUT2D eigenvalue weighted by molar-refractivity contribution is -0.116. The summed E-state index contributed by atoms with van der Waals surface area (Å²) in [6.07, 6.45) is 2.37. The second-order valence-electron chi connectivity index (χ2n) is 4.46. The number of anilines is 1. The fourth-order valence-corrected chi connectivity index (χ4v) is 1.94. The molecule has 0 saturated carbocycles. The first kappa shape index (κ1) is 14.8. The summed E-state index contributed by atoms with van der Waals surface area (Å²) in [5.74, 6) is 0.741. The number of ether oxygens (including phenoxy) is 1. The van der Waals surface area contributed by atoms with E-state index in [4.69, 9.17) is 4.74 Å². The maximum Gasteiger partial charge on any atom is 0.225 e. The molecule has 5 nitrogen and oxygen atoms in total. The van der Waals surface area contributed by atoms with Gasteiger partial charge >= 0.3 is 0 Å². The Balaban J connectivity index is 1.94. The number of pyridine rings is 1. The molecule has 0 aliphatic carbocycles. The van der Waals surface area contributed by atoms with Gasteiger partial charge in [-0.15, -0.1) is 0 Å². The van der Waals surface area contributed by atoms with Gasteiger partial charge in [0.1, 0.15) is 5.75 Å². The van der Waals surface area contributed by atoms with Gasteiger partial charge in [-0.2, -0.15) is 0 Å². The smallest absolute Gasteiger partial charge is 0.225 e. The monoisotopic (exact) mass is 286 g/mol. The quantitative estimate of drug-likeness (QED) is 0.856. The average molecular weight is 286 g/mol. The molecule has 0 aliphatic rings. The molecule has 0 bridgehead atoms. The van der Waals surface area contributed by atoms with E-state index in [9.17, 15) is 9.90 Å². The third-order valence-corrected chi connectivity index (χ3v) is 2.94. The fraction of sp³-hybridized carbons (Fsp3) is 0.250. The standard InChI is InChI=1S/C16H18N2O3/c1-2-21-14-8-4-3-6-12(14)9-10-15(20)18-16-13(19)7-5-11-17-16/h3-8,11,19H,2,9-10H2,1H3,(H,17,18,20). The van der Waals surface area contributed by atoms with Gasteiger partial charge < -0.3 is 15.2 Å². The van der Waals surface area contributed by atoms with Gasteiger partial charge in [-0.25, -0.2) is 4.98 Å². The van der Waals surface area contributed by atoms with Gasteiger partial charge in [0.15, 0.2) is 11.6 Å². The van der Waals surface area contributed by atoms with Crippen molar-refractivity contribution >= 4 is 11.7 Å². The summed E-state index contributed by atoms with van der Waals surface area (Å²) in [5, 5.41) is 12.2. The van der Waals surface area contributed by atoms with Crippen LogP contribution in [0.4, 0.5) is 5.82 Å². The van der Waals surface area contributed by atoms with Crippen molar-refractivity contribution < 1.29 is 14.6 Å². The normalized spacial score (nSPS) is 10.1. The molecular weight excluding hydrogens is 268 g/mol. The van der Waals surface area contributed by atoms with Gasteiger partial charge in [0, 0.05) is 12.6 Å². The highest BCUT2D eigenvalue weighted by Gasteiger charge is 2.09. The minimum atomic E-state index is -0.199. The molecule has 0 radical (unpaired) electrons. The van der Waals surface area contributed by atoms with Crippen molar-refractivity contribution in [2.75, 3.05) is 11.9 Å². The molecule has 0 aliphatic heterocycles. The van der Waals surface area contributed by atoms with E-state index < -0.39 is 0 Å². The van der Waals surface area contributed by atoms with Gasteiger partial charge in [-0.05, 0) is 37.1 Å². The summed E-state index contributed by atoms with van der Waals surface area (Å²) in [6.45, 7) is 2.51. The zero-order chi connectivity index (χ0) is 15.1. The SMILES string of the molecule is CCOc1ccccc1CCC(=O)Nc1ncccc1O. The number of amides is 1. The number of aromatic nitrogens is 1. The van der Waals surface area contributed by atoms with Gasteiger partial charge in [-0.3, -0.25) is 4.79 Å². The molecule has 21 heavy (non-hydrogen) atoms. The number of carbonyl (C=O) groups is 1. The number of hydrogen-bond donors (Lipinski definition) is 2. The van der Waals surface area contributed by atoms with Crippen LogP contribution in [0, 0.1) is 0 Å². The molecule has 0 atom stereocenters. The van der Waals surface area contributed by atoms with Crippen molar-refractivity contribution in [2.24, 2.45) is 0 Å². The van der Waals surface area contributed by atoms with E-state index in [2.05, 4.69) is 10.3 Å². The zero-order valence-electron chi connectivity index (χ0n) is 11.9. The van der Waals surface area contributed by atoms with E-state index in [-0.39, 0.29) is 17.5 Å². The molecule has 0 spiro atoms. The van der Waals surface area contributed by atoms with E-state index in [1.807, 2.05) is 31.2 Å². The topological polar surface area (TPSA) is 71.5 Å². The minimum Gasteiger partial charge on any atom is -0.504 e. The number of para-hydroxylation sites is 1. The lowest BCUT2D eigenvalue weighted by Crippen LogP contribution is -2.13. The zero-order valence-corrected chi connectivity index (χ0v) is 11.9. The summed E-state index contributed by atoms with van der Waals surface area (Å²) in [7, 11) is 0. The summed E-state index contributed by atoms with van der Waals surface area (Å²) in [6, 6.07) is 10.7. The molecule has 0 unspecified atom stereocenters. The van der Waals surface area contributed by atoms with Gasteiger partial charge in [-0.1, -0.05) is 18.2 Å². The predicted octanol–water partition coefficient (Wildman–Crippen LogP) is 2.76. The third-order valence-electron chi connectivity index (χ3n) is 2.94. The van der Waals surface area contributed by atoms with Gasteiger partial charge in [0.2, 0.25) is 5.91 Å². The summed E-state index contributed by atoms with van der Waals surface area (Å²) in [5.41, 5.74) is 0.986. The fourth-order valence-electron chi connectivity index (χ4n) is 1.94. The number of nitrogens with zero attached hydrogens (tertiary/aromatic N) is 1. The van der Waals surface area contributed by atoms with Crippen LogP contribution in [0.1, 0.15) is 18.9 Å². The molecule has 1 heterocycles. The second-order valence-corrected chi connectivity index (χ2v) is 4.46. The Labute approximate surface area is 123 Å². The van der Waals surface area contributed by atoms with Gasteiger partial charge in [0.25, 0.3) is 0 Å². The van der Waals surface area contributed by atoms with Crippen LogP contribution in [0.25, 0.3) is 0 Å². The molecule has 1 aromatic carbocycles. The highest BCUT2D eigenvalue weighted by molar-refractivity contribution is 5.91. The van der Waals surface area contributed by atoms with Crippen molar-refractivity contribution in [3.63, 3.8) is 0 Å². The maximum absolute atomic E-state index is 11.9.